The Balaban J connectivity index is 1.81. The van der Waals surface area contributed by atoms with E-state index in [0.29, 0.717) is 33.4 Å². The molecule has 0 saturated heterocycles. The van der Waals surface area contributed by atoms with Gasteiger partial charge in [-0.1, -0.05) is 29.8 Å². The van der Waals surface area contributed by atoms with Crippen LogP contribution in [0.2, 0.25) is 5.02 Å². The maximum absolute atomic E-state index is 12.8. The van der Waals surface area contributed by atoms with Crippen molar-refractivity contribution in [3.8, 4) is 16.5 Å². The molecule has 0 aliphatic carbocycles. The van der Waals surface area contributed by atoms with Crippen LogP contribution in [0.1, 0.15) is 21.6 Å². The van der Waals surface area contributed by atoms with Crippen molar-refractivity contribution in [2.75, 3.05) is 5.32 Å². The number of aromatic amines is 1. The largest absolute Gasteiger partial charge is 0.306 e. The van der Waals surface area contributed by atoms with Crippen LogP contribution in [0.25, 0.3) is 16.5 Å². The van der Waals surface area contributed by atoms with Crippen LogP contribution >= 0.6 is 22.9 Å². The van der Waals surface area contributed by atoms with Gasteiger partial charge in [-0.15, -0.1) is 11.3 Å². The Hall–Kier alpha value is -3.23. The molecular formula is C20H16ClN5O2S. The molecule has 7 nitrogen and oxygen atoms in total. The van der Waals surface area contributed by atoms with Crippen molar-refractivity contribution in [1.29, 1.82) is 0 Å². The predicted octanol–water partition coefficient (Wildman–Crippen LogP) is 4.21. The lowest BCUT2D eigenvalue weighted by molar-refractivity contribution is 0.102. The van der Waals surface area contributed by atoms with Crippen molar-refractivity contribution in [3.63, 3.8) is 0 Å². The van der Waals surface area contributed by atoms with E-state index in [-0.39, 0.29) is 17.4 Å². The summed E-state index contributed by atoms with van der Waals surface area (Å²) in [5.41, 5.74) is 1.84. The molecule has 1 aromatic carbocycles. The Morgan fingerprint density at radius 1 is 1.21 bits per heavy atom. The number of halogens is 1. The van der Waals surface area contributed by atoms with Gasteiger partial charge in [0.1, 0.15) is 11.5 Å². The molecule has 3 aromatic heterocycles. The zero-order valence-corrected chi connectivity index (χ0v) is 17.1. The molecule has 0 fully saturated rings. The van der Waals surface area contributed by atoms with Gasteiger partial charge in [0.15, 0.2) is 0 Å². The highest BCUT2D eigenvalue weighted by atomic mass is 35.5. The molecular weight excluding hydrogens is 410 g/mol. The van der Waals surface area contributed by atoms with Crippen molar-refractivity contribution in [3.05, 3.63) is 80.0 Å². The number of rotatable bonds is 4. The third-order valence-corrected chi connectivity index (χ3v) is 5.65. The molecule has 4 rings (SSSR count). The highest BCUT2D eigenvalue weighted by molar-refractivity contribution is 7.13. The number of nitrogens with zero attached hydrogens (tertiary/aromatic N) is 3. The molecule has 0 atom stereocenters. The van der Waals surface area contributed by atoms with E-state index in [9.17, 15) is 9.59 Å². The number of H-pyrrole nitrogens is 1. The highest BCUT2D eigenvalue weighted by Crippen LogP contribution is 2.28. The molecule has 0 spiro atoms. The van der Waals surface area contributed by atoms with Gasteiger partial charge in [-0.05, 0) is 37.4 Å². The first-order chi connectivity index (χ1) is 13.9. The van der Waals surface area contributed by atoms with Gasteiger partial charge in [0.2, 0.25) is 5.95 Å². The van der Waals surface area contributed by atoms with Crippen LogP contribution in [-0.2, 0) is 0 Å². The molecule has 0 aliphatic heterocycles. The zero-order valence-electron chi connectivity index (χ0n) is 15.6. The minimum atomic E-state index is -0.388. The fourth-order valence-electron chi connectivity index (χ4n) is 2.74. The fourth-order valence-corrected chi connectivity index (χ4v) is 3.64. The molecule has 4 aromatic rings. The molecule has 0 unspecified atom stereocenters. The summed E-state index contributed by atoms with van der Waals surface area (Å²) in [4.78, 5) is 33.1. The SMILES string of the molecule is Cc1nc(-n2nc(-c3cccs3)cc2NC(=O)c2ccccc2Cl)[nH]c(=O)c1C. The quantitative estimate of drug-likeness (QED) is 0.512. The first kappa shape index (κ1) is 19.1. The van der Waals surface area contributed by atoms with Crippen LogP contribution in [0.15, 0.2) is 52.6 Å². The summed E-state index contributed by atoms with van der Waals surface area (Å²) in [5.74, 6) is 0.195. The molecule has 3 heterocycles. The Morgan fingerprint density at radius 3 is 2.69 bits per heavy atom. The summed E-state index contributed by atoms with van der Waals surface area (Å²) in [6.07, 6.45) is 0. The van der Waals surface area contributed by atoms with Crippen molar-refractivity contribution in [1.82, 2.24) is 19.7 Å². The second-order valence-corrected chi connectivity index (χ2v) is 7.69. The van der Waals surface area contributed by atoms with E-state index in [0.717, 1.165) is 4.88 Å². The lowest BCUT2D eigenvalue weighted by Crippen LogP contribution is -2.21. The van der Waals surface area contributed by atoms with Crippen LogP contribution in [0, 0.1) is 13.8 Å². The molecule has 0 radical (unpaired) electrons. The predicted molar refractivity (Wildman–Crippen MR) is 114 cm³/mol. The number of thiophene rings is 1. The Labute approximate surface area is 175 Å². The van der Waals surface area contributed by atoms with Crippen molar-refractivity contribution in [2.45, 2.75) is 13.8 Å². The number of amides is 1. The number of nitrogens with one attached hydrogen (secondary N) is 2. The third kappa shape index (κ3) is 3.72. The molecule has 0 saturated carbocycles. The average Bonchev–Trinajstić information content (AvgIpc) is 3.36. The van der Waals surface area contributed by atoms with Crippen LogP contribution in [0.3, 0.4) is 0 Å². The van der Waals surface area contributed by atoms with Gasteiger partial charge < -0.3 is 5.32 Å². The van der Waals surface area contributed by atoms with Gasteiger partial charge in [-0.3, -0.25) is 14.6 Å². The van der Waals surface area contributed by atoms with Gasteiger partial charge >= 0.3 is 0 Å². The summed E-state index contributed by atoms with van der Waals surface area (Å²) >= 11 is 7.66. The zero-order chi connectivity index (χ0) is 20.5. The molecule has 146 valence electrons. The number of anilines is 1. The van der Waals surface area contributed by atoms with Gasteiger partial charge in [-0.25, -0.2) is 4.98 Å². The highest BCUT2D eigenvalue weighted by Gasteiger charge is 2.18. The molecule has 2 N–H and O–H groups in total. The van der Waals surface area contributed by atoms with Crippen LogP contribution in [0.5, 0.6) is 0 Å². The van der Waals surface area contributed by atoms with Crippen molar-refractivity contribution < 1.29 is 4.79 Å². The Bertz CT molecular complexity index is 1260. The van der Waals surface area contributed by atoms with E-state index in [1.807, 2.05) is 17.5 Å². The average molecular weight is 426 g/mol. The number of aryl methyl sites for hydroxylation is 1. The first-order valence-corrected chi connectivity index (χ1v) is 9.97. The van der Waals surface area contributed by atoms with E-state index >= 15 is 0 Å². The van der Waals surface area contributed by atoms with Gasteiger partial charge in [0.25, 0.3) is 11.5 Å². The Morgan fingerprint density at radius 2 is 2.00 bits per heavy atom. The lowest BCUT2D eigenvalue weighted by atomic mass is 10.2. The third-order valence-electron chi connectivity index (χ3n) is 4.43. The van der Waals surface area contributed by atoms with Gasteiger partial charge in [0, 0.05) is 17.3 Å². The van der Waals surface area contributed by atoms with Gasteiger partial charge in [0.05, 0.1) is 15.5 Å². The number of carbonyl (C=O) groups excluding carboxylic acids is 1. The number of benzene rings is 1. The summed E-state index contributed by atoms with van der Waals surface area (Å²) < 4.78 is 1.41. The van der Waals surface area contributed by atoms with E-state index < -0.39 is 0 Å². The molecule has 0 bridgehead atoms. The normalized spacial score (nSPS) is 10.9. The second-order valence-electron chi connectivity index (χ2n) is 6.34. The topological polar surface area (TPSA) is 92.7 Å². The molecule has 29 heavy (non-hydrogen) atoms. The van der Waals surface area contributed by atoms with Crippen LogP contribution < -0.4 is 10.9 Å². The van der Waals surface area contributed by atoms with E-state index in [2.05, 4.69) is 20.4 Å². The summed E-state index contributed by atoms with van der Waals surface area (Å²) in [6.45, 7) is 3.45. The van der Waals surface area contributed by atoms with E-state index in [4.69, 9.17) is 11.6 Å². The number of aromatic nitrogens is 4. The molecule has 0 aliphatic rings. The minimum absolute atomic E-state index is 0.218. The number of carbonyl (C=O) groups is 1. The monoisotopic (exact) mass is 425 g/mol. The standard InChI is InChI=1S/C20H16ClN5O2S/c1-11-12(2)22-20(24-18(11)27)26-17(10-15(25-26)16-8-5-9-29-16)23-19(28)13-6-3-4-7-14(13)21/h3-10H,1-2H3,(H,23,28)(H,22,24,27). The maximum atomic E-state index is 12.8. The van der Waals surface area contributed by atoms with E-state index in [1.54, 1.807) is 44.2 Å². The van der Waals surface area contributed by atoms with Crippen LogP contribution in [-0.4, -0.2) is 25.7 Å². The first-order valence-electron chi connectivity index (χ1n) is 8.72. The molecule has 1 amide bonds. The van der Waals surface area contributed by atoms with Gasteiger partial charge in [-0.2, -0.15) is 9.78 Å². The van der Waals surface area contributed by atoms with E-state index in [1.165, 1.54) is 16.0 Å². The van der Waals surface area contributed by atoms with Crippen molar-refractivity contribution in [2.24, 2.45) is 0 Å². The summed E-state index contributed by atoms with van der Waals surface area (Å²) in [6, 6.07) is 12.3. The number of hydrogen-bond acceptors (Lipinski definition) is 5. The second kappa shape index (κ2) is 7.65. The van der Waals surface area contributed by atoms with Crippen LogP contribution in [0.4, 0.5) is 5.82 Å². The summed E-state index contributed by atoms with van der Waals surface area (Å²) in [7, 11) is 0. The minimum Gasteiger partial charge on any atom is -0.306 e. The smallest absolute Gasteiger partial charge is 0.258 e. The summed E-state index contributed by atoms with van der Waals surface area (Å²) in [5, 5.41) is 9.65. The fraction of sp³-hybridized carbons (Fsp3) is 0.100. The Kier molecular flexibility index (Phi) is 5.04. The lowest BCUT2D eigenvalue weighted by Gasteiger charge is -2.10. The molecule has 9 heteroatoms. The number of hydrogen-bond donors (Lipinski definition) is 2. The maximum Gasteiger partial charge on any atom is 0.258 e. The van der Waals surface area contributed by atoms with Crippen molar-refractivity contribution >= 4 is 34.7 Å².